The normalized spacial score (nSPS) is 27.7. The van der Waals surface area contributed by atoms with Crippen molar-refractivity contribution in [2.75, 3.05) is 19.8 Å². The predicted octanol–water partition coefficient (Wildman–Crippen LogP) is 1.45. The summed E-state index contributed by atoms with van der Waals surface area (Å²) < 4.78 is 5.26. The van der Waals surface area contributed by atoms with Crippen LogP contribution in [0.1, 0.15) is 39.5 Å². The number of carbonyl (C=O) groups excluding carboxylic acids is 1. The SMILES string of the molecule is CCN(C(=O)NC1(CC)CCC1)C1COCC1C(=O)O. The van der Waals surface area contributed by atoms with E-state index in [-0.39, 0.29) is 24.2 Å². The maximum atomic E-state index is 12.5. The molecule has 0 aromatic carbocycles. The molecule has 0 aromatic rings. The van der Waals surface area contributed by atoms with Crippen molar-refractivity contribution in [3.63, 3.8) is 0 Å². The summed E-state index contributed by atoms with van der Waals surface area (Å²) in [4.78, 5) is 25.3. The van der Waals surface area contributed by atoms with Gasteiger partial charge >= 0.3 is 12.0 Å². The van der Waals surface area contributed by atoms with E-state index in [1.807, 2.05) is 6.92 Å². The Bertz CT molecular complexity index is 376. The maximum Gasteiger partial charge on any atom is 0.318 e. The highest BCUT2D eigenvalue weighted by atomic mass is 16.5. The van der Waals surface area contributed by atoms with E-state index in [0.717, 1.165) is 25.7 Å². The fourth-order valence-corrected chi connectivity index (χ4v) is 3.08. The molecule has 1 aliphatic carbocycles. The minimum Gasteiger partial charge on any atom is -0.481 e. The number of carbonyl (C=O) groups is 2. The number of likely N-dealkylation sites (N-methyl/N-ethyl adjacent to an activating group) is 1. The number of rotatable bonds is 5. The molecule has 2 N–H and O–H groups in total. The van der Waals surface area contributed by atoms with Crippen molar-refractivity contribution in [1.82, 2.24) is 10.2 Å². The molecule has 0 aromatic heterocycles. The lowest BCUT2D eigenvalue weighted by atomic mass is 9.75. The zero-order valence-corrected chi connectivity index (χ0v) is 12.2. The number of amides is 2. The van der Waals surface area contributed by atoms with Crippen LogP contribution >= 0.6 is 0 Å². The minimum absolute atomic E-state index is 0.0807. The molecule has 2 amide bonds. The summed E-state index contributed by atoms with van der Waals surface area (Å²) in [5.41, 5.74) is -0.0807. The number of hydrogen-bond donors (Lipinski definition) is 2. The van der Waals surface area contributed by atoms with Crippen LogP contribution < -0.4 is 5.32 Å². The van der Waals surface area contributed by atoms with Crippen LogP contribution in [0.5, 0.6) is 0 Å². The molecule has 0 radical (unpaired) electrons. The zero-order chi connectivity index (χ0) is 14.8. The summed E-state index contributed by atoms with van der Waals surface area (Å²) >= 11 is 0. The van der Waals surface area contributed by atoms with E-state index in [9.17, 15) is 14.7 Å². The molecule has 0 bridgehead atoms. The molecule has 1 heterocycles. The Morgan fingerprint density at radius 2 is 2.05 bits per heavy atom. The molecule has 1 saturated heterocycles. The van der Waals surface area contributed by atoms with E-state index in [0.29, 0.717) is 13.2 Å². The van der Waals surface area contributed by atoms with E-state index in [2.05, 4.69) is 12.2 Å². The summed E-state index contributed by atoms with van der Waals surface area (Å²) in [7, 11) is 0. The number of nitrogens with zero attached hydrogens (tertiary/aromatic N) is 1. The van der Waals surface area contributed by atoms with E-state index in [1.165, 1.54) is 0 Å². The van der Waals surface area contributed by atoms with Crippen molar-refractivity contribution in [1.29, 1.82) is 0 Å². The topological polar surface area (TPSA) is 78.9 Å². The number of hydrogen-bond acceptors (Lipinski definition) is 3. The highest BCUT2D eigenvalue weighted by molar-refractivity contribution is 5.78. The number of urea groups is 1. The average Bonchev–Trinajstić information content (AvgIpc) is 2.84. The maximum absolute atomic E-state index is 12.5. The van der Waals surface area contributed by atoms with Crippen LogP contribution in [0.15, 0.2) is 0 Å². The van der Waals surface area contributed by atoms with Gasteiger partial charge in [0.25, 0.3) is 0 Å². The molecular formula is C14H24N2O4. The fraction of sp³-hybridized carbons (Fsp3) is 0.857. The van der Waals surface area contributed by atoms with Gasteiger partial charge in [0.1, 0.15) is 5.92 Å². The Labute approximate surface area is 119 Å². The molecule has 2 atom stereocenters. The van der Waals surface area contributed by atoms with E-state index in [1.54, 1.807) is 4.90 Å². The molecule has 2 aliphatic rings. The molecule has 20 heavy (non-hydrogen) atoms. The molecule has 2 fully saturated rings. The van der Waals surface area contributed by atoms with Gasteiger partial charge in [-0.25, -0.2) is 4.79 Å². The Morgan fingerprint density at radius 1 is 1.35 bits per heavy atom. The van der Waals surface area contributed by atoms with Gasteiger partial charge in [-0.15, -0.1) is 0 Å². The number of carboxylic acids is 1. The summed E-state index contributed by atoms with van der Waals surface area (Å²) in [5.74, 6) is -1.52. The monoisotopic (exact) mass is 284 g/mol. The second-order valence-corrected chi connectivity index (χ2v) is 5.75. The van der Waals surface area contributed by atoms with Gasteiger partial charge in [0.2, 0.25) is 0 Å². The Kier molecular flexibility index (Phi) is 4.52. The lowest BCUT2D eigenvalue weighted by Gasteiger charge is -2.44. The third-order valence-corrected chi connectivity index (χ3v) is 4.73. The molecular weight excluding hydrogens is 260 g/mol. The van der Waals surface area contributed by atoms with Gasteiger partial charge in [0.05, 0.1) is 19.3 Å². The van der Waals surface area contributed by atoms with Gasteiger partial charge in [-0.3, -0.25) is 4.79 Å². The summed E-state index contributed by atoms with van der Waals surface area (Å²) in [6.45, 7) is 4.92. The van der Waals surface area contributed by atoms with Crippen molar-refractivity contribution in [2.45, 2.75) is 51.1 Å². The van der Waals surface area contributed by atoms with Gasteiger partial charge in [-0.05, 0) is 32.6 Å². The first-order valence-corrected chi connectivity index (χ1v) is 7.42. The van der Waals surface area contributed by atoms with Gasteiger partial charge in [0.15, 0.2) is 0 Å². The largest absolute Gasteiger partial charge is 0.481 e. The van der Waals surface area contributed by atoms with Crippen molar-refractivity contribution in [3.05, 3.63) is 0 Å². The first kappa shape index (κ1) is 15.1. The van der Waals surface area contributed by atoms with Crippen LogP contribution in [0.2, 0.25) is 0 Å². The van der Waals surface area contributed by atoms with E-state index >= 15 is 0 Å². The third kappa shape index (κ3) is 2.75. The first-order chi connectivity index (χ1) is 9.53. The lowest BCUT2D eigenvalue weighted by Crippen LogP contribution is -2.59. The van der Waals surface area contributed by atoms with Crippen molar-refractivity contribution >= 4 is 12.0 Å². The fourth-order valence-electron chi connectivity index (χ4n) is 3.08. The molecule has 6 nitrogen and oxygen atoms in total. The summed E-state index contributed by atoms with van der Waals surface area (Å²) in [6.07, 6.45) is 4.08. The smallest absolute Gasteiger partial charge is 0.318 e. The second kappa shape index (κ2) is 5.99. The molecule has 114 valence electrons. The summed E-state index contributed by atoms with van der Waals surface area (Å²) in [6, 6.07) is -0.526. The van der Waals surface area contributed by atoms with Gasteiger partial charge < -0.3 is 20.1 Å². The number of carboxylic acid groups (broad SMARTS) is 1. The Morgan fingerprint density at radius 3 is 2.50 bits per heavy atom. The van der Waals surface area contributed by atoms with Crippen molar-refractivity contribution in [3.8, 4) is 0 Å². The van der Waals surface area contributed by atoms with Gasteiger partial charge in [0, 0.05) is 12.1 Å². The Balaban J connectivity index is 2.03. The quantitative estimate of drug-likeness (QED) is 0.801. The minimum atomic E-state index is -0.896. The molecule has 2 unspecified atom stereocenters. The predicted molar refractivity (Wildman–Crippen MR) is 73.5 cm³/mol. The molecule has 6 heteroatoms. The van der Waals surface area contributed by atoms with Crippen LogP contribution in [0.25, 0.3) is 0 Å². The van der Waals surface area contributed by atoms with Gasteiger partial charge in [-0.1, -0.05) is 6.92 Å². The first-order valence-electron chi connectivity index (χ1n) is 7.42. The van der Waals surface area contributed by atoms with Crippen LogP contribution in [0, 0.1) is 5.92 Å². The Hall–Kier alpha value is -1.30. The highest BCUT2D eigenvalue weighted by Crippen LogP contribution is 2.35. The van der Waals surface area contributed by atoms with Gasteiger partial charge in [-0.2, -0.15) is 0 Å². The van der Waals surface area contributed by atoms with Crippen molar-refractivity contribution < 1.29 is 19.4 Å². The third-order valence-electron chi connectivity index (χ3n) is 4.73. The van der Waals surface area contributed by atoms with Crippen LogP contribution in [0.4, 0.5) is 4.79 Å². The van der Waals surface area contributed by atoms with Crippen LogP contribution in [-0.2, 0) is 9.53 Å². The number of nitrogens with one attached hydrogen (secondary N) is 1. The van der Waals surface area contributed by atoms with Crippen molar-refractivity contribution in [2.24, 2.45) is 5.92 Å². The van der Waals surface area contributed by atoms with E-state index < -0.39 is 11.9 Å². The number of aliphatic carboxylic acids is 1. The number of ether oxygens (including phenoxy) is 1. The van der Waals surface area contributed by atoms with E-state index in [4.69, 9.17) is 4.74 Å². The summed E-state index contributed by atoms with van der Waals surface area (Å²) in [5, 5.41) is 12.3. The molecule has 2 rings (SSSR count). The molecule has 1 saturated carbocycles. The standard InChI is InChI=1S/C14H24N2O4/c1-3-14(6-5-7-14)15-13(19)16(4-2)11-9-20-8-10(11)12(17)18/h10-11H,3-9H2,1-2H3,(H,15,19)(H,17,18). The van der Waals surface area contributed by atoms with Crippen LogP contribution in [0.3, 0.4) is 0 Å². The average molecular weight is 284 g/mol. The second-order valence-electron chi connectivity index (χ2n) is 5.75. The molecule has 0 spiro atoms. The molecule has 1 aliphatic heterocycles. The lowest BCUT2D eigenvalue weighted by molar-refractivity contribution is -0.142. The zero-order valence-electron chi connectivity index (χ0n) is 12.2. The van der Waals surface area contributed by atoms with Crippen LogP contribution in [-0.4, -0.2) is 53.3 Å². The highest BCUT2D eigenvalue weighted by Gasteiger charge is 2.42.